The van der Waals surface area contributed by atoms with E-state index in [1.165, 1.54) is 11.3 Å². The van der Waals surface area contributed by atoms with Crippen LogP contribution in [0.2, 0.25) is 0 Å². The number of nitrogens with zero attached hydrogens (tertiary/aromatic N) is 2. The molecule has 94 valence electrons. The van der Waals surface area contributed by atoms with Crippen LogP contribution in [0.15, 0.2) is 28.7 Å². The molecule has 2 N–H and O–H groups in total. The zero-order valence-electron chi connectivity index (χ0n) is 9.61. The van der Waals surface area contributed by atoms with Crippen molar-refractivity contribution in [2.24, 2.45) is 0 Å². The summed E-state index contributed by atoms with van der Waals surface area (Å²) >= 11 is 4.61. The second-order valence-electron chi connectivity index (χ2n) is 3.47. The first-order valence-corrected chi connectivity index (χ1v) is 6.84. The number of halogens is 1. The number of hydrogen-bond acceptors (Lipinski definition) is 5. The molecule has 0 radical (unpaired) electrons. The van der Waals surface area contributed by atoms with Gasteiger partial charge in [0.25, 0.3) is 5.91 Å². The van der Waals surface area contributed by atoms with Gasteiger partial charge in [-0.3, -0.25) is 4.79 Å². The fraction of sp³-hybridized carbons (Fsp3) is 0.182. The van der Waals surface area contributed by atoms with Crippen LogP contribution >= 0.6 is 27.3 Å². The van der Waals surface area contributed by atoms with Gasteiger partial charge < -0.3 is 10.6 Å². The fourth-order valence-corrected chi connectivity index (χ4v) is 2.38. The maximum atomic E-state index is 11.8. The number of carbonyl (C=O) groups excluding carboxylic acids is 1. The summed E-state index contributed by atoms with van der Waals surface area (Å²) in [6, 6.07) is 7.77. The highest BCUT2D eigenvalue weighted by atomic mass is 79.9. The summed E-state index contributed by atoms with van der Waals surface area (Å²) in [7, 11) is 1.74. The Hall–Kier alpha value is -1.47. The summed E-state index contributed by atoms with van der Waals surface area (Å²) in [5, 5.41) is 14.2. The molecule has 0 fully saturated rings. The molecule has 0 atom stereocenters. The van der Waals surface area contributed by atoms with E-state index in [0.717, 1.165) is 10.0 Å². The van der Waals surface area contributed by atoms with Gasteiger partial charge in [-0.25, -0.2) is 0 Å². The standard InChI is InChI=1S/C11H11BrN4OS/c1-13-11-16-15-10(18-11)9(17)14-6-7-3-2-4-8(12)5-7/h2-5H,6H2,1H3,(H,13,16)(H,14,17). The summed E-state index contributed by atoms with van der Waals surface area (Å²) in [5.41, 5.74) is 1.02. The lowest BCUT2D eigenvalue weighted by atomic mass is 10.2. The van der Waals surface area contributed by atoms with E-state index in [1.807, 2.05) is 24.3 Å². The molecule has 0 aliphatic rings. The van der Waals surface area contributed by atoms with Gasteiger partial charge in [0.2, 0.25) is 10.1 Å². The Kier molecular flexibility index (Phi) is 4.27. The zero-order chi connectivity index (χ0) is 13.0. The van der Waals surface area contributed by atoms with Crippen LogP contribution in [-0.4, -0.2) is 23.2 Å². The molecule has 5 nitrogen and oxygen atoms in total. The van der Waals surface area contributed by atoms with Gasteiger partial charge >= 0.3 is 0 Å². The first-order valence-electron chi connectivity index (χ1n) is 5.23. The molecule has 1 aromatic carbocycles. The summed E-state index contributed by atoms with van der Waals surface area (Å²) in [5.74, 6) is -0.214. The Bertz CT molecular complexity index is 557. The Labute approximate surface area is 117 Å². The summed E-state index contributed by atoms with van der Waals surface area (Å²) in [6.07, 6.45) is 0. The molecule has 7 heteroatoms. The highest BCUT2D eigenvalue weighted by Crippen LogP contribution is 2.14. The lowest BCUT2D eigenvalue weighted by Crippen LogP contribution is -2.22. The number of aromatic nitrogens is 2. The molecule has 1 amide bonds. The van der Waals surface area contributed by atoms with Crippen LogP contribution in [0, 0.1) is 0 Å². The third kappa shape index (κ3) is 3.27. The van der Waals surface area contributed by atoms with Crippen LogP contribution in [-0.2, 0) is 6.54 Å². The number of nitrogens with one attached hydrogen (secondary N) is 2. The van der Waals surface area contributed by atoms with Gasteiger partial charge in [-0.1, -0.05) is 39.4 Å². The molecule has 2 rings (SSSR count). The Balaban J connectivity index is 1.96. The second-order valence-corrected chi connectivity index (χ2v) is 5.37. The normalized spacial score (nSPS) is 10.1. The fourth-order valence-electron chi connectivity index (χ4n) is 1.32. The van der Waals surface area contributed by atoms with E-state index in [-0.39, 0.29) is 5.91 Å². The number of hydrogen-bond donors (Lipinski definition) is 2. The van der Waals surface area contributed by atoms with Crippen molar-refractivity contribution in [1.29, 1.82) is 0 Å². The third-order valence-corrected chi connectivity index (χ3v) is 3.61. The van der Waals surface area contributed by atoms with Crippen molar-refractivity contribution in [1.82, 2.24) is 15.5 Å². The molecule has 18 heavy (non-hydrogen) atoms. The smallest absolute Gasteiger partial charge is 0.282 e. The summed E-state index contributed by atoms with van der Waals surface area (Å²) < 4.78 is 0.989. The maximum Gasteiger partial charge on any atom is 0.282 e. The summed E-state index contributed by atoms with van der Waals surface area (Å²) in [4.78, 5) is 11.8. The predicted octanol–water partition coefficient (Wildman–Crippen LogP) is 2.27. The topological polar surface area (TPSA) is 66.9 Å². The van der Waals surface area contributed by atoms with Crippen LogP contribution in [0.4, 0.5) is 5.13 Å². The van der Waals surface area contributed by atoms with Crippen molar-refractivity contribution in [3.63, 3.8) is 0 Å². The van der Waals surface area contributed by atoms with Crippen LogP contribution in [0.5, 0.6) is 0 Å². The summed E-state index contributed by atoms with van der Waals surface area (Å²) in [6.45, 7) is 0.465. The highest BCUT2D eigenvalue weighted by Gasteiger charge is 2.11. The van der Waals surface area contributed by atoms with Crippen LogP contribution in [0.1, 0.15) is 15.4 Å². The van der Waals surface area contributed by atoms with Gasteiger partial charge in [0.1, 0.15) is 0 Å². The molecule has 1 aromatic heterocycles. The molecule has 0 spiro atoms. The van der Waals surface area contributed by atoms with Crippen molar-refractivity contribution < 1.29 is 4.79 Å². The van der Waals surface area contributed by atoms with Gasteiger partial charge in [0, 0.05) is 18.1 Å². The molecule has 0 saturated heterocycles. The van der Waals surface area contributed by atoms with Crippen molar-refractivity contribution in [3.05, 3.63) is 39.3 Å². The van der Waals surface area contributed by atoms with E-state index in [9.17, 15) is 4.79 Å². The van der Waals surface area contributed by atoms with Gasteiger partial charge in [-0.2, -0.15) is 0 Å². The minimum absolute atomic E-state index is 0.214. The Morgan fingerprint density at radius 1 is 1.44 bits per heavy atom. The minimum Gasteiger partial charge on any atom is -0.363 e. The Morgan fingerprint density at radius 3 is 2.94 bits per heavy atom. The van der Waals surface area contributed by atoms with E-state index in [0.29, 0.717) is 16.7 Å². The number of carbonyl (C=O) groups is 1. The van der Waals surface area contributed by atoms with Gasteiger partial charge in [-0.15, -0.1) is 10.2 Å². The third-order valence-electron chi connectivity index (χ3n) is 2.18. The van der Waals surface area contributed by atoms with Crippen molar-refractivity contribution in [3.8, 4) is 0 Å². The highest BCUT2D eigenvalue weighted by molar-refractivity contribution is 9.10. The number of rotatable bonds is 4. The van der Waals surface area contributed by atoms with Crippen LogP contribution in [0.3, 0.4) is 0 Å². The largest absolute Gasteiger partial charge is 0.363 e. The lowest BCUT2D eigenvalue weighted by molar-refractivity contribution is 0.0950. The van der Waals surface area contributed by atoms with Crippen LogP contribution < -0.4 is 10.6 Å². The van der Waals surface area contributed by atoms with Gasteiger partial charge in [0.15, 0.2) is 0 Å². The molecule has 0 bridgehead atoms. The average Bonchev–Trinajstić information content (AvgIpc) is 2.85. The predicted molar refractivity (Wildman–Crippen MR) is 74.8 cm³/mol. The average molecular weight is 327 g/mol. The lowest BCUT2D eigenvalue weighted by Gasteiger charge is -2.03. The SMILES string of the molecule is CNc1nnc(C(=O)NCc2cccc(Br)c2)s1. The number of anilines is 1. The van der Waals surface area contributed by atoms with Crippen molar-refractivity contribution in [2.45, 2.75) is 6.54 Å². The molecule has 0 aliphatic heterocycles. The van der Waals surface area contributed by atoms with Crippen molar-refractivity contribution in [2.75, 3.05) is 12.4 Å². The molecule has 0 saturated carbocycles. The molecular weight excluding hydrogens is 316 g/mol. The monoisotopic (exact) mass is 326 g/mol. The van der Waals surface area contributed by atoms with Crippen LogP contribution in [0.25, 0.3) is 0 Å². The Morgan fingerprint density at radius 2 is 2.28 bits per heavy atom. The quantitative estimate of drug-likeness (QED) is 0.904. The van der Waals surface area contributed by atoms with Gasteiger partial charge in [0.05, 0.1) is 0 Å². The zero-order valence-corrected chi connectivity index (χ0v) is 12.0. The van der Waals surface area contributed by atoms with E-state index in [2.05, 4.69) is 36.8 Å². The van der Waals surface area contributed by atoms with Crippen molar-refractivity contribution >= 4 is 38.3 Å². The number of amides is 1. The second kappa shape index (κ2) is 5.92. The van der Waals surface area contributed by atoms with Gasteiger partial charge in [-0.05, 0) is 17.7 Å². The first kappa shape index (κ1) is 13.0. The molecule has 0 aliphatic carbocycles. The minimum atomic E-state index is -0.214. The molecule has 1 heterocycles. The number of benzene rings is 1. The van der Waals surface area contributed by atoms with E-state index < -0.39 is 0 Å². The molecule has 0 unspecified atom stereocenters. The molecular formula is C11H11BrN4OS. The van der Waals surface area contributed by atoms with E-state index in [4.69, 9.17) is 0 Å². The van der Waals surface area contributed by atoms with E-state index in [1.54, 1.807) is 7.05 Å². The van der Waals surface area contributed by atoms with E-state index >= 15 is 0 Å². The maximum absolute atomic E-state index is 11.8. The first-order chi connectivity index (χ1) is 8.69. The molecule has 2 aromatic rings.